The fourth-order valence-electron chi connectivity index (χ4n) is 3.54. The number of anilines is 1. The lowest BCUT2D eigenvalue weighted by atomic mass is 10.0. The van der Waals surface area contributed by atoms with Gasteiger partial charge < -0.3 is 20.1 Å². The summed E-state index contributed by atoms with van der Waals surface area (Å²) in [5, 5.41) is 8.01. The summed E-state index contributed by atoms with van der Waals surface area (Å²) >= 11 is 1.31. The van der Waals surface area contributed by atoms with Gasteiger partial charge in [0.15, 0.2) is 16.6 Å². The van der Waals surface area contributed by atoms with Gasteiger partial charge in [-0.3, -0.25) is 9.59 Å². The predicted molar refractivity (Wildman–Crippen MR) is 137 cm³/mol. The zero-order valence-corrected chi connectivity index (χ0v) is 20.2. The maximum Gasteiger partial charge on any atom is 0.251 e. The van der Waals surface area contributed by atoms with Crippen LogP contribution in [0, 0.1) is 0 Å². The van der Waals surface area contributed by atoms with E-state index in [1.807, 2.05) is 53.9 Å². The van der Waals surface area contributed by atoms with Gasteiger partial charge in [0.2, 0.25) is 5.91 Å². The second-order valence-electron chi connectivity index (χ2n) is 7.68. The number of ether oxygens (including phenoxy) is 2. The van der Waals surface area contributed by atoms with Gasteiger partial charge in [-0.05, 0) is 35.9 Å². The molecule has 4 rings (SSSR count). The lowest BCUT2D eigenvalue weighted by Crippen LogP contribution is -2.45. The molecule has 0 aliphatic rings. The van der Waals surface area contributed by atoms with E-state index in [0.29, 0.717) is 34.3 Å². The van der Waals surface area contributed by atoms with Crippen LogP contribution in [-0.2, 0) is 11.2 Å². The Kier molecular flexibility index (Phi) is 7.74. The first-order valence-corrected chi connectivity index (χ1v) is 11.8. The third-order valence-corrected chi connectivity index (χ3v) is 6.11. The molecule has 1 atom stereocenters. The molecule has 0 aliphatic heterocycles. The fourth-order valence-corrected chi connectivity index (χ4v) is 4.26. The molecule has 0 unspecified atom stereocenters. The van der Waals surface area contributed by atoms with Crippen LogP contribution in [0.5, 0.6) is 11.5 Å². The van der Waals surface area contributed by atoms with Gasteiger partial charge in [-0.2, -0.15) is 0 Å². The van der Waals surface area contributed by atoms with Crippen molar-refractivity contribution in [2.75, 3.05) is 19.5 Å². The monoisotopic (exact) mass is 487 g/mol. The molecule has 35 heavy (non-hydrogen) atoms. The quantitative estimate of drug-likeness (QED) is 0.354. The molecule has 1 heterocycles. The topological polar surface area (TPSA) is 89.6 Å². The average molecular weight is 488 g/mol. The Hall–Kier alpha value is -4.17. The molecule has 0 radical (unpaired) electrons. The minimum Gasteiger partial charge on any atom is -0.493 e. The highest BCUT2D eigenvalue weighted by molar-refractivity contribution is 7.14. The van der Waals surface area contributed by atoms with E-state index in [9.17, 15) is 9.59 Å². The van der Waals surface area contributed by atoms with E-state index in [2.05, 4.69) is 15.6 Å². The van der Waals surface area contributed by atoms with Crippen molar-refractivity contribution in [3.63, 3.8) is 0 Å². The molecule has 2 N–H and O–H groups in total. The highest BCUT2D eigenvalue weighted by Gasteiger charge is 2.23. The molecule has 178 valence electrons. The Bertz CT molecular complexity index is 1290. The summed E-state index contributed by atoms with van der Waals surface area (Å²) in [5.74, 6) is 0.561. The average Bonchev–Trinajstić information content (AvgIpc) is 3.37. The number of amides is 2. The first-order chi connectivity index (χ1) is 17.1. The van der Waals surface area contributed by atoms with E-state index in [1.165, 1.54) is 11.3 Å². The third kappa shape index (κ3) is 6.04. The maximum atomic E-state index is 13.2. The molecule has 3 aromatic carbocycles. The molecule has 4 aromatic rings. The number of methoxy groups -OCH3 is 2. The van der Waals surface area contributed by atoms with Crippen molar-refractivity contribution in [1.82, 2.24) is 10.3 Å². The van der Waals surface area contributed by atoms with E-state index in [4.69, 9.17) is 9.47 Å². The second-order valence-corrected chi connectivity index (χ2v) is 8.54. The lowest BCUT2D eigenvalue weighted by molar-refractivity contribution is -0.118. The summed E-state index contributed by atoms with van der Waals surface area (Å²) in [6.07, 6.45) is 0.346. The summed E-state index contributed by atoms with van der Waals surface area (Å²) in [5.41, 5.74) is 2.95. The minimum absolute atomic E-state index is 0.313. The van der Waals surface area contributed by atoms with Crippen molar-refractivity contribution in [3.05, 3.63) is 95.4 Å². The summed E-state index contributed by atoms with van der Waals surface area (Å²) in [7, 11) is 3.15. The van der Waals surface area contributed by atoms with Crippen LogP contribution in [0.2, 0.25) is 0 Å². The highest BCUT2D eigenvalue weighted by Crippen LogP contribution is 2.33. The Morgan fingerprint density at radius 1 is 0.914 bits per heavy atom. The smallest absolute Gasteiger partial charge is 0.251 e. The van der Waals surface area contributed by atoms with Crippen molar-refractivity contribution >= 4 is 28.3 Å². The van der Waals surface area contributed by atoms with Crippen LogP contribution in [0.1, 0.15) is 15.9 Å². The molecular weight excluding hydrogens is 462 g/mol. The number of thiazole rings is 1. The molecule has 0 fully saturated rings. The van der Waals surface area contributed by atoms with Crippen molar-refractivity contribution in [3.8, 4) is 22.8 Å². The lowest BCUT2D eigenvalue weighted by Gasteiger charge is -2.18. The SMILES string of the molecule is COc1ccc(-c2csc(NC(=O)[C@H](Cc3ccccc3)NC(=O)c3ccccc3)n2)cc1OC. The first kappa shape index (κ1) is 24.0. The third-order valence-electron chi connectivity index (χ3n) is 5.35. The minimum atomic E-state index is -0.779. The summed E-state index contributed by atoms with van der Waals surface area (Å²) in [6.45, 7) is 0. The van der Waals surface area contributed by atoms with Gasteiger partial charge in [0.05, 0.1) is 19.9 Å². The van der Waals surface area contributed by atoms with Gasteiger partial charge in [0, 0.05) is 22.9 Å². The summed E-state index contributed by atoms with van der Waals surface area (Å²) < 4.78 is 10.7. The Morgan fingerprint density at radius 2 is 1.60 bits per heavy atom. The molecule has 0 bridgehead atoms. The summed E-state index contributed by atoms with van der Waals surface area (Å²) in [4.78, 5) is 30.6. The molecular formula is C27H25N3O4S. The molecule has 0 saturated carbocycles. The van der Waals surface area contributed by atoms with Crippen LogP contribution >= 0.6 is 11.3 Å². The Morgan fingerprint density at radius 3 is 2.29 bits per heavy atom. The normalized spacial score (nSPS) is 11.4. The second kappa shape index (κ2) is 11.3. The molecule has 7 nitrogen and oxygen atoms in total. The van der Waals surface area contributed by atoms with Crippen LogP contribution in [0.25, 0.3) is 11.3 Å². The van der Waals surface area contributed by atoms with Crippen LogP contribution in [0.4, 0.5) is 5.13 Å². The first-order valence-electron chi connectivity index (χ1n) is 11.0. The molecule has 0 aliphatic carbocycles. The number of rotatable bonds is 9. The zero-order valence-electron chi connectivity index (χ0n) is 19.4. The van der Waals surface area contributed by atoms with Gasteiger partial charge in [-0.15, -0.1) is 11.3 Å². The van der Waals surface area contributed by atoms with Crippen molar-refractivity contribution in [2.45, 2.75) is 12.5 Å². The van der Waals surface area contributed by atoms with Crippen LogP contribution in [0.3, 0.4) is 0 Å². The van der Waals surface area contributed by atoms with Gasteiger partial charge in [0.25, 0.3) is 5.91 Å². The molecule has 2 amide bonds. The summed E-state index contributed by atoms with van der Waals surface area (Å²) in [6, 6.07) is 23.1. The number of nitrogens with one attached hydrogen (secondary N) is 2. The van der Waals surface area contributed by atoms with Crippen LogP contribution in [-0.4, -0.2) is 37.1 Å². The number of carbonyl (C=O) groups excluding carboxylic acids is 2. The number of hydrogen-bond donors (Lipinski definition) is 2. The van der Waals surface area contributed by atoms with E-state index in [1.54, 1.807) is 44.6 Å². The van der Waals surface area contributed by atoms with Crippen LogP contribution < -0.4 is 20.1 Å². The number of benzene rings is 3. The number of nitrogens with zero attached hydrogens (tertiary/aromatic N) is 1. The van der Waals surface area contributed by atoms with E-state index in [0.717, 1.165) is 11.1 Å². The van der Waals surface area contributed by atoms with Crippen molar-refractivity contribution in [2.24, 2.45) is 0 Å². The largest absolute Gasteiger partial charge is 0.493 e. The van der Waals surface area contributed by atoms with Gasteiger partial charge in [-0.25, -0.2) is 4.98 Å². The van der Waals surface area contributed by atoms with E-state index >= 15 is 0 Å². The van der Waals surface area contributed by atoms with Crippen molar-refractivity contribution < 1.29 is 19.1 Å². The number of hydrogen-bond acceptors (Lipinski definition) is 6. The zero-order chi connectivity index (χ0) is 24.6. The van der Waals surface area contributed by atoms with Gasteiger partial charge in [0.1, 0.15) is 6.04 Å². The standard InChI is InChI=1S/C27H25N3O4S/c1-33-23-14-13-20(16-24(23)34-2)22-17-35-27(29-22)30-26(32)21(15-18-9-5-3-6-10-18)28-25(31)19-11-7-4-8-12-19/h3-14,16-17,21H,15H2,1-2H3,(H,28,31)(H,29,30,32)/t21-/m0/s1. The van der Waals surface area contributed by atoms with Crippen LogP contribution in [0.15, 0.2) is 84.2 Å². The molecule has 8 heteroatoms. The predicted octanol–water partition coefficient (Wildman–Crippen LogP) is 4.81. The maximum absolute atomic E-state index is 13.2. The molecule has 0 spiro atoms. The Balaban J connectivity index is 1.51. The number of carbonyl (C=O) groups is 2. The fraction of sp³-hybridized carbons (Fsp3) is 0.148. The highest BCUT2D eigenvalue weighted by atomic mass is 32.1. The van der Waals surface area contributed by atoms with E-state index < -0.39 is 6.04 Å². The van der Waals surface area contributed by atoms with Gasteiger partial charge >= 0.3 is 0 Å². The van der Waals surface area contributed by atoms with Crippen molar-refractivity contribution in [1.29, 1.82) is 0 Å². The van der Waals surface area contributed by atoms with Gasteiger partial charge in [-0.1, -0.05) is 48.5 Å². The molecule has 0 saturated heterocycles. The Labute approximate surface area is 207 Å². The number of aromatic nitrogens is 1. The molecule has 1 aromatic heterocycles. The van der Waals surface area contributed by atoms with E-state index in [-0.39, 0.29) is 11.8 Å².